The molecular weight excluding hydrogens is 398 g/mol. The van der Waals surface area contributed by atoms with Gasteiger partial charge in [-0.1, -0.05) is 19.1 Å². The van der Waals surface area contributed by atoms with Crippen molar-refractivity contribution in [3.63, 3.8) is 0 Å². The molecule has 0 heterocycles. The Balaban J connectivity index is 1.96. The molecule has 0 radical (unpaired) electrons. The molecule has 0 bridgehead atoms. The fourth-order valence-corrected chi connectivity index (χ4v) is 5.75. The number of aliphatic hydroxyl groups is 2. The van der Waals surface area contributed by atoms with E-state index in [1.54, 1.807) is 19.1 Å². The van der Waals surface area contributed by atoms with E-state index < -0.39 is 34.4 Å². The summed E-state index contributed by atoms with van der Waals surface area (Å²) in [7, 11) is 0. The number of hydrogen-bond donors (Lipinski definition) is 3. The lowest BCUT2D eigenvalue weighted by atomic mass is 9.54. The Morgan fingerprint density at radius 1 is 1.19 bits per heavy atom. The average molecular weight is 423 g/mol. The Kier molecular flexibility index (Phi) is 4.50. The van der Waals surface area contributed by atoms with E-state index in [2.05, 4.69) is 0 Å². The van der Waals surface area contributed by atoms with Crippen molar-refractivity contribution in [3.05, 3.63) is 57.1 Å². The first-order valence-electron chi connectivity index (χ1n) is 10.3. The van der Waals surface area contributed by atoms with Gasteiger partial charge in [0.1, 0.15) is 17.1 Å². The number of amides is 1. The molecule has 0 spiro atoms. The zero-order valence-electron chi connectivity index (χ0n) is 17.9. The van der Waals surface area contributed by atoms with Crippen LogP contribution in [0.2, 0.25) is 0 Å². The predicted molar refractivity (Wildman–Crippen MR) is 112 cm³/mol. The number of ketones is 3. The van der Waals surface area contributed by atoms with Gasteiger partial charge in [-0.05, 0) is 56.1 Å². The van der Waals surface area contributed by atoms with Crippen LogP contribution in [0.15, 0.2) is 34.8 Å². The first-order valence-corrected chi connectivity index (χ1v) is 10.3. The third kappa shape index (κ3) is 2.58. The first kappa shape index (κ1) is 21.0. The molecule has 0 aromatic heterocycles. The van der Waals surface area contributed by atoms with E-state index in [4.69, 9.17) is 5.73 Å². The summed E-state index contributed by atoms with van der Waals surface area (Å²) in [5.41, 5.74) is 5.60. The minimum atomic E-state index is -1.53. The lowest BCUT2D eigenvalue weighted by Gasteiger charge is -2.48. The van der Waals surface area contributed by atoms with Gasteiger partial charge in [-0.25, -0.2) is 0 Å². The maximum absolute atomic E-state index is 13.6. The second kappa shape index (κ2) is 6.64. The standard InChI is InChI=1S/C24H25NO6/c1-9-14-6-5-13(11(3)26)10(2)17(14)20(28)18-15(9)7-12-8-16(27)19(23(25)31)22(30)24(12,4)21(18)29/h5-6,9,12,15,27,29H,7-8H2,1-4H3,(H2,25,31)/t9-,12-,15?,24+/m0/s1. The largest absolute Gasteiger partial charge is 0.511 e. The molecule has 0 fully saturated rings. The van der Waals surface area contributed by atoms with E-state index in [-0.39, 0.29) is 41.1 Å². The van der Waals surface area contributed by atoms with Crippen LogP contribution in [0.3, 0.4) is 0 Å². The SMILES string of the molecule is CC(=O)c1ccc2c(c1C)C(=O)C1=C(O)[C@]3(C)C(=O)C(C(N)=O)=C(O)C[C@@H]3CC1[C@H]2C. The van der Waals surface area contributed by atoms with Gasteiger partial charge in [-0.3, -0.25) is 19.2 Å². The number of carbonyl (C=O) groups is 4. The van der Waals surface area contributed by atoms with Gasteiger partial charge in [-0.2, -0.15) is 0 Å². The number of allylic oxidation sites excluding steroid dienone is 3. The zero-order chi connectivity index (χ0) is 23.0. The molecular formula is C24H25NO6. The molecule has 1 aromatic rings. The van der Waals surface area contributed by atoms with E-state index in [0.717, 1.165) is 5.56 Å². The van der Waals surface area contributed by atoms with Crippen molar-refractivity contribution in [2.24, 2.45) is 23.0 Å². The van der Waals surface area contributed by atoms with Crippen LogP contribution in [0, 0.1) is 24.2 Å². The maximum Gasteiger partial charge on any atom is 0.255 e. The Hall–Kier alpha value is -3.22. The molecule has 3 aliphatic carbocycles. The molecule has 31 heavy (non-hydrogen) atoms. The van der Waals surface area contributed by atoms with E-state index in [1.807, 2.05) is 6.92 Å². The van der Waals surface area contributed by atoms with Gasteiger partial charge in [0.2, 0.25) is 0 Å². The number of primary amides is 1. The Morgan fingerprint density at radius 3 is 2.42 bits per heavy atom. The van der Waals surface area contributed by atoms with Crippen LogP contribution in [0.1, 0.15) is 71.4 Å². The summed E-state index contributed by atoms with van der Waals surface area (Å²) in [5.74, 6) is -4.09. The third-order valence-corrected chi connectivity index (χ3v) is 7.59. The van der Waals surface area contributed by atoms with Crippen LogP contribution in [0.4, 0.5) is 0 Å². The number of benzene rings is 1. The van der Waals surface area contributed by atoms with Gasteiger partial charge in [-0.15, -0.1) is 0 Å². The topological polar surface area (TPSA) is 135 Å². The molecule has 4 N–H and O–H groups in total. The van der Waals surface area contributed by atoms with Crippen molar-refractivity contribution in [2.75, 3.05) is 0 Å². The van der Waals surface area contributed by atoms with Crippen LogP contribution in [-0.2, 0) is 9.59 Å². The summed E-state index contributed by atoms with van der Waals surface area (Å²) >= 11 is 0. The fraction of sp³-hybridized carbons (Fsp3) is 0.417. The van der Waals surface area contributed by atoms with Gasteiger partial charge >= 0.3 is 0 Å². The van der Waals surface area contributed by atoms with Crippen LogP contribution in [0.25, 0.3) is 0 Å². The molecule has 4 rings (SSSR count). The van der Waals surface area contributed by atoms with Crippen molar-refractivity contribution in [1.29, 1.82) is 0 Å². The Morgan fingerprint density at radius 2 is 1.84 bits per heavy atom. The number of rotatable bonds is 2. The van der Waals surface area contributed by atoms with E-state index in [1.165, 1.54) is 13.8 Å². The number of fused-ring (bicyclic) bond motifs is 3. The maximum atomic E-state index is 13.6. The monoisotopic (exact) mass is 423 g/mol. The number of Topliss-reactive ketones (excluding diaryl/α,β-unsaturated/α-hetero) is 3. The van der Waals surface area contributed by atoms with Crippen LogP contribution in [0.5, 0.6) is 0 Å². The highest BCUT2D eigenvalue weighted by Gasteiger charge is 2.58. The van der Waals surface area contributed by atoms with Crippen LogP contribution >= 0.6 is 0 Å². The van der Waals surface area contributed by atoms with Gasteiger partial charge in [0.15, 0.2) is 17.3 Å². The van der Waals surface area contributed by atoms with Gasteiger partial charge in [0, 0.05) is 23.1 Å². The third-order valence-electron chi connectivity index (χ3n) is 7.59. The molecule has 1 unspecified atom stereocenters. The summed E-state index contributed by atoms with van der Waals surface area (Å²) in [6.07, 6.45) is 0.405. The second-order valence-electron chi connectivity index (χ2n) is 9.10. The number of nitrogens with two attached hydrogens (primary N) is 1. The highest BCUT2D eigenvalue weighted by molar-refractivity contribution is 6.23. The van der Waals surface area contributed by atoms with Crippen molar-refractivity contribution >= 4 is 23.3 Å². The first-order chi connectivity index (χ1) is 14.4. The quantitative estimate of drug-likeness (QED) is 0.494. The van der Waals surface area contributed by atoms with E-state index >= 15 is 0 Å². The highest BCUT2D eigenvalue weighted by atomic mass is 16.3. The molecule has 0 aliphatic heterocycles. The van der Waals surface area contributed by atoms with Gasteiger partial charge in [0.25, 0.3) is 5.91 Å². The summed E-state index contributed by atoms with van der Waals surface area (Å²) in [4.78, 5) is 50.6. The van der Waals surface area contributed by atoms with Crippen LogP contribution < -0.4 is 5.73 Å². The van der Waals surface area contributed by atoms with Crippen molar-refractivity contribution < 1.29 is 29.4 Å². The summed E-state index contributed by atoms with van der Waals surface area (Å²) in [5, 5.41) is 21.6. The number of hydrogen-bond acceptors (Lipinski definition) is 6. The molecule has 162 valence electrons. The molecule has 1 amide bonds. The molecule has 3 aliphatic rings. The van der Waals surface area contributed by atoms with Crippen molar-refractivity contribution in [3.8, 4) is 0 Å². The number of aliphatic hydroxyl groups excluding tert-OH is 2. The average Bonchev–Trinajstić information content (AvgIpc) is 2.67. The van der Waals surface area contributed by atoms with E-state index in [9.17, 15) is 29.4 Å². The van der Waals surface area contributed by atoms with E-state index in [0.29, 0.717) is 23.1 Å². The smallest absolute Gasteiger partial charge is 0.255 e. The highest BCUT2D eigenvalue weighted by Crippen LogP contribution is 2.57. The lowest BCUT2D eigenvalue weighted by molar-refractivity contribution is -0.131. The van der Waals surface area contributed by atoms with Gasteiger partial charge in [0.05, 0.1) is 5.41 Å². The Labute approximate surface area is 179 Å². The number of carbonyl (C=O) groups excluding carboxylic acids is 4. The molecule has 7 heteroatoms. The van der Waals surface area contributed by atoms with Crippen molar-refractivity contribution in [2.45, 2.75) is 46.5 Å². The zero-order valence-corrected chi connectivity index (χ0v) is 17.9. The lowest BCUT2D eigenvalue weighted by Crippen LogP contribution is -2.51. The predicted octanol–water partition coefficient (Wildman–Crippen LogP) is 3.22. The van der Waals surface area contributed by atoms with Crippen LogP contribution in [-0.4, -0.2) is 33.5 Å². The molecule has 0 saturated heterocycles. The molecule has 1 aromatic carbocycles. The summed E-state index contributed by atoms with van der Waals surface area (Å²) < 4.78 is 0. The van der Waals surface area contributed by atoms with Crippen molar-refractivity contribution in [1.82, 2.24) is 0 Å². The molecule has 0 saturated carbocycles. The summed E-state index contributed by atoms with van der Waals surface area (Å²) in [6.45, 7) is 6.60. The molecule has 7 nitrogen and oxygen atoms in total. The minimum absolute atomic E-state index is 0.0183. The minimum Gasteiger partial charge on any atom is -0.511 e. The summed E-state index contributed by atoms with van der Waals surface area (Å²) in [6, 6.07) is 3.51. The molecule has 4 atom stereocenters. The van der Waals surface area contributed by atoms with Gasteiger partial charge < -0.3 is 15.9 Å². The Bertz CT molecular complexity index is 1160. The second-order valence-corrected chi connectivity index (χ2v) is 9.10. The normalized spacial score (nSPS) is 30.0. The fourth-order valence-electron chi connectivity index (χ4n) is 5.75.